The summed E-state index contributed by atoms with van der Waals surface area (Å²) in [5.74, 6) is 0.621. The van der Waals surface area contributed by atoms with Gasteiger partial charge in [0.05, 0.1) is 23.3 Å². The molecule has 4 nitrogen and oxygen atoms in total. The Morgan fingerprint density at radius 2 is 2.38 bits per heavy atom. The predicted molar refractivity (Wildman–Crippen MR) is 63.1 cm³/mol. The number of nitrogens with zero attached hydrogens (tertiary/aromatic N) is 3. The highest BCUT2D eigenvalue weighted by Gasteiger charge is 2.06. The lowest BCUT2D eigenvalue weighted by Crippen LogP contribution is -2.04. The zero-order chi connectivity index (χ0) is 11.4. The average Bonchev–Trinajstić information content (AvgIpc) is 2.79. The Morgan fingerprint density at radius 1 is 1.50 bits per heavy atom. The fourth-order valence-electron chi connectivity index (χ4n) is 1.33. The lowest BCUT2D eigenvalue weighted by molar-refractivity contribution is 1.05. The zero-order valence-corrected chi connectivity index (χ0v) is 9.58. The SMILES string of the molecule is Cc1ccnc(NCc2cscn2)c1C#N. The molecule has 0 aliphatic heterocycles. The Hall–Kier alpha value is -1.93. The van der Waals surface area contributed by atoms with Gasteiger partial charge in [-0.05, 0) is 18.6 Å². The van der Waals surface area contributed by atoms with E-state index in [2.05, 4.69) is 21.4 Å². The molecule has 2 rings (SSSR count). The molecule has 0 fully saturated rings. The van der Waals surface area contributed by atoms with Crippen molar-refractivity contribution >= 4 is 17.2 Å². The first-order valence-corrected chi connectivity index (χ1v) is 5.72. The first-order valence-electron chi connectivity index (χ1n) is 4.78. The Morgan fingerprint density at radius 3 is 3.06 bits per heavy atom. The fraction of sp³-hybridized carbons (Fsp3) is 0.182. The van der Waals surface area contributed by atoms with Gasteiger partial charge in [-0.2, -0.15) is 5.26 Å². The summed E-state index contributed by atoms with van der Waals surface area (Å²) in [7, 11) is 0. The van der Waals surface area contributed by atoms with Crippen LogP contribution in [0.4, 0.5) is 5.82 Å². The maximum absolute atomic E-state index is 9.01. The van der Waals surface area contributed by atoms with Crippen LogP contribution in [0.3, 0.4) is 0 Å². The summed E-state index contributed by atoms with van der Waals surface area (Å²) in [6.07, 6.45) is 1.69. The van der Waals surface area contributed by atoms with E-state index in [1.807, 2.05) is 18.4 Å². The van der Waals surface area contributed by atoms with E-state index in [0.717, 1.165) is 11.3 Å². The Bertz CT molecular complexity index is 513. The van der Waals surface area contributed by atoms with Gasteiger partial charge in [0.15, 0.2) is 0 Å². The average molecular weight is 230 g/mol. The Balaban J connectivity index is 2.16. The van der Waals surface area contributed by atoms with Gasteiger partial charge in [-0.3, -0.25) is 0 Å². The van der Waals surface area contributed by atoms with Crippen LogP contribution in [0.1, 0.15) is 16.8 Å². The van der Waals surface area contributed by atoms with E-state index >= 15 is 0 Å². The third-order valence-corrected chi connectivity index (χ3v) is 2.83. The number of aromatic nitrogens is 2. The molecule has 16 heavy (non-hydrogen) atoms. The van der Waals surface area contributed by atoms with Crippen LogP contribution in [-0.2, 0) is 6.54 Å². The maximum Gasteiger partial charge on any atom is 0.144 e. The van der Waals surface area contributed by atoms with E-state index in [1.165, 1.54) is 0 Å². The second-order valence-electron chi connectivity index (χ2n) is 3.30. The molecular weight excluding hydrogens is 220 g/mol. The normalized spacial score (nSPS) is 9.75. The molecule has 0 unspecified atom stereocenters. The minimum atomic E-state index is 0.592. The number of nitriles is 1. The van der Waals surface area contributed by atoms with Crippen molar-refractivity contribution in [2.45, 2.75) is 13.5 Å². The lowest BCUT2D eigenvalue weighted by atomic mass is 10.1. The van der Waals surface area contributed by atoms with Gasteiger partial charge in [-0.15, -0.1) is 11.3 Å². The van der Waals surface area contributed by atoms with Crippen LogP contribution < -0.4 is 5.32 Å². The molecule has 0 aromatic carbocycles. The van der Waals surface area contributed by atoms with Crippen molar-refractivity contribution in [2.75, 3.05) is 5.32 Å². The van der Waals surface area contributed by atoms with Gasteiger partial charge in [0.1, 0.15) is 11.9 Å². The summed E-state index contributed by atoms with van der Waals surface area (Å²) < 4.78 is 0. The summed E-state index contributed by atoms with van der Waals surface area (Å²) in [6.45, 7) is 2.49. The van der Waals surface area contributed by atoms with Gasteiger partial charge in [0.25, 0.3) is 0 Å². The molecule has 2 heterocycles. The number of anilines is 1. The van der Waals surface area contributed by atoms with Crippen molar-refractivity contribution in [2.24, 2.45) is 0 Å². The first kappa shape index (κ1) is 10.6. The molecular formula is C11H10N4S. The number of hydrogen-bond acceptors (Lipinski definition) is 5. The topological polar surface area (TPSA) is 61.6 Å². The number of pyridine rings is 1. The van der Waals surface area contributed by atoms with Crippen molar-refractivity contribution in [1.82, 2.24) is 9.97 Å². The number of thiazole rings is 1. The first-order chi connectivity index (χ1) is 7.81. The highest BCUT2D eigenvalue weighted by Crippen LogP contribution is 2.15. The molecule has 0 aliphatic carbocycles. The van der Waals surface area contributed by atoms with Gasteiger partial charge >= 0.3 is 0 Å². The van der Waals surface area contributed by atoms with Gasteiger partial charge in [0, 0.05) is 11.6 Å². The largest absolute Gasteiger partial charge is 0.363 e. The molecule has 0 radical (unpaired) electrons. The molecule has 2 aromatic heterocycles. The standard InChI is InChI=1S/C11H10N4S/c1-8-2-3-13-11(10(8)4-12)14-5-9-6-16-7-15-9/h2-3,6-7H,5H2,1H3,(H,13,14). The van der Waals surface area contributed by atoms with Crippen LogP contribution in [0.15, 0.2) is 23.2 Å². The molecule has 0 bridgehead atoms. The van der Waals surface area contributed by atoms with E-state index < -0.39 is 0 Å². The molecule has 0 atom stereocenters. The van der Waals surface area contributed by atoms with Crippen LogP contribution >= 0.6 is 11.3 Å². The number of rotatable bonds is 3. The Kier molecular flexibility index (Phi) is 3.13. The quantitative estimate of drug-likeness (QED) is 0.879. The van der Waals surface area contributed by atoms with Gasteiger partial charge in [-0.25, -0.2) is 9.97 Å². The minimum absolute atomic E-state index is 0.592. The summed E-state index contributed by atoms with van der Waals surface area (Å²) in [6, 6.07) is 3.98. The Labute approximate surface area is 97.6 Å². The summed E-state index contributed by atoms with van der Waals surface area (Å²) in [5.41, 5.74) is 4.26. The molecule has 1 N–H and O–H groups in total. The van der Waals surface area contributed by atoms with Gasteiger partial charge in [0.2, 0.25) is 0 Å². The van der Waals surface area contributed by atoms with Crippen molar-refractivity contribution < 1.29 is 0 Å². The van der Waals surface area contributed by atoms with E-state index in [4.69, 9.17) is 5.26 Å². The van der Waals surface area contributed by atoms with Crippen LogP contribution in [0.5, 0.6) is 0 Å². The molecule has 5 heteroatoms. The van der Waals surface area contributed by atoms with Crippen molar-refractivity contribution in [3.8, 4) is 6.07 Å². The van der Waals surface area contributed by atoms with E-state index in [0.29, 0.717) is 17.9 Å². The van der Waals surface area contributed by atoms with Crippen molar-refractivity contribution in [3.05, 3.63) is 40.0 Å². The summed E-state index contributed by atoms with van der Waals surface area (Å²) >= 11 is 1.55. The van der Waals surface area contributed by atoms with Gasteiger partial charge in [-0.1, -0.05) is 0 Å². The number of hydrogen-bond donors (Lipinski definition) is 1. The van der Waals surface area contributed by atoms with Crippen LogP contribution in [-0.4, -0.2) is 9.97 Å². The van der Waals surface area contributed by atoms with E-state index in [9.17, 15) is 0 Å². The van der Waals surface area contributed by atoms with Crippen LogP contribution in [0.25, 0.3) is 0 Å². The second kappa shape index (κ2) is 4.73. The third-order valence-electron chi connectivity index (χ3n) is 2.19. The molecule has 80 valence electrons. The molecule has 0 amide bonds. The molecule has 0 aliphatic rings. The van der Waals surface area contributed by atoms with E-state index in [1.54, 1.807) is 23.0 Å². The highest BCUT2D eigenvalue weighted by molar-refractivity contribution is 7.07. The van der Waals surface area contributed by atoms with Crippen molar-refractivity contribution in [3.63, 3.8) is 0 Å². The molecule has 2 aromatic rings. The van der Waals surface area contributed by atoms with Crippen LogP contribution in [0.2, 0.25) is 0 Å². The predicted octanol–water partition coefficient (Wildman–Crippen LogP) is 2.33. The van der Waals surface area contributed by atoms with E-state index in [-0.39, 0.29) is 0 Å². The molecule has 0 saturated heterocycles. The highest BCUT2D eigenvalue weighted by atomic mass is 32.1. The van der Waals surface area contributed by atoms with Crippen LogP contribution in [0, 0.1) is 18.3 Å². The lowest BCUT2D eigenvalue weighted by Gasteiger charge is -2.06. The fourth-order valence-corrected chi connectivity index (χ4v) is 1.89. The summed E-state index contributed by atoms with van der Waals surface area (Å²) in [4.78, 5) is 8.31. The molecule has 0 spiro atoms. The minimum Gasteiger partial charge on any atom is -0.363 e. The van der Waals surface area contributed by atoms with Crippen molar-refractivity contribution in [1.29, 1.82) is 5.26 Å². The molecule has 0 saturated carbocycles. The van der Waals surface area contributed by atoms with Gasteiger partial charge < -0.3 is 5.32 Å². The third kappa shape index (κ3) is 2.18. The maximum atomic E-state index is 9.01. The second-order valence-corrected chi connectivity index (χ2v) is 4.02. The monoisotopic (exact) mass is 230 g/mol. The number of aryl methyl sites for hydroxylation is 1. The zero-order valence-electron chi connectivity index (χ0n) is 8.77. The summed E-state index contributed by atoms with van der Waals surface area (Å²) in [5, 5.41) is 14.1. The number of nitrogens with one attached hydrogen (secondary N) is 1. The smallest absolute Gasteiger partial charge is 0.144 e.